The van der Waals surface area contributed by atoms with Crippen molar-refractivity contribution in [3.8, 4) is 5.69 Å². The Bertz CT molecular complexity index is 747. The van der Waals surface area contributed by atoms with Gasteiger partial charge in [-0.1, -0.05) is 6.07 Å². The van der Waals surface area contributed by atoms with Crippen LogP contribution < -0.4 is 5.32 Å². The molecule has 0 unspecified atom stereocenters. The summed E-state index contributed by atoms with van der Waals surface area (Å²) in [5.41, 5.74) is -0.266. The highest BCUT2D eigenvalue weighted by Gasteiger charge is 2.31. The molecular formula is C16H18ClF3N4O. The third-order valence-corrected chi connectivity index (χ3v) is 4.01. The molecule has 2 heterocycles. The molecule has 1 fully saturated rings. The molecule has 0 saturated carbocycles. The van der Waals surface area contributed by atoms with Gasteiger partial charge in [0.2, 0.25) is 0 Å². The first-order chi connectivity index (χ1) is 11.4. The number of carbonyl (C=O) groups excluding carboxylic acids is 1. The van der Waals surface area contributed by atoms with E-state index in [4.69, 9.17) is 0 Å². The molecule has 25 heavy (non-hydrogen) atoms. The smallest absolute Gasteiger partial charge is 0.332 e. The van der Waals surface area contributed by atoms with Gasteiger partial charge in [-0.05, 0) is 31.2 Å². The van der Waals surface area contributed by atoms with Gasteiger partial charge < -0.3 is 10.2 Å². The lowest BCUT2D eigenvalue weighted by Crippen LogP contribution is -2.52. The van der Waals surface area contributed by atoms with Crippen molar-refractivity contribution < 1.29 is 18.0 Å². The minimum atomic E-state index is -4.42. The molecule has 0 bridgehead atoms. The van der Waals surface area contributed by atoms with Crippen LogP contribution in [0.15, 0.2) is 36.5 Å². The van der Waals surface area contributed by atoms with E-state index in [2.05, 4.69) is 10.4 Å². The standard InChI is InChI=1S/C16H17F3N4O.ClH/c1-11-10-20-6-8-22(11)15(24)14-5-7-23(21-14)13-4-2-3-12(9-13)16(17,18)19;/h2-5,7,9,11,20H,6,8,10H2,1H3;1H/t11-;/m1./s1. The van der Waals surface area contributed by atoms with Crippen LogP contribution in [-0.4, -0.2) is 46.3 Å². The summed E-state index contributed by atoms with van der Waals surface area (Å²) in [6, 6.07) is 6.42. The van der Waals surface area contributed by atoms with Gasteiger partial charge in [0.15, 0.2) is 5.69 Å². The highest BCUT2D eigenvalue weighted by molar-refractivity contribution is 5.92. The van der Waals surface area contributed by atoms with E-state index in [0.717, 1.165) is 12.1 Å². The van der Waals surface area contributed by atoms with Crippen LogP contribution in [0.5, 0.6) is 0 Å². The van der Waals surface area contributed by atoms with Crippen molar-refractivity contribution in [3.63, 3.8) is 0 Å². The minimum Gasteiger partial charge on any atom is -0.332 e. The number of aromatic nitrogens is 2. The van der Waals surface area contributed by atoms with Crippen LogP contribution in [0.2, 0.25) is 0 Å². The first-order valence-electron chi connectivity index (χ1n) is 7.61. The number of halogens is 4. The quantitative estimate of drug-likeness (QED) is 0.879. The van der Waals surface area contributed by atoms with Gasteiger partial charge in [-0.2, -0.15) is 18.3 Å². The molecule has 0 radical (unpaired) electrons. The van der Waals surface area contributed by atoms with Crippen LogP contribution in [-0.2, 0) is 6.18 Å². The fourth-order valence-corrected chi connectivity index (χ4v) is 2.70. The maximum atomic E-state index is 12.8. The molecule has 136 valence electrons. The Hall–Kier alpha value is -2.06. The summed E-state index contributed by atoms with van der Waals surface area (Å²) in [6.45, 7) is 3.94. The number of hydrogen-bond acceptors (Lipinski definition) is 3. The lowest BCUT2D eigenvalue weighted by molar-refractivity contribution is -0.137. The zero-order chi connectivity index (χ0) is 17.3. The van der Waals surface area contributed by atoms with E-state index in [1.165, 1.54) is 29.1 Å². The van der Waals surface area contributed by atoms with Gasteiger partial charge in [-0.25, -0.2) is 4.68 Å². The number of carbonyl (C=O) groups is 1. The maximum Gasteiger partial charge on any atom is 0.416 e. The average molecular weight is 375 g/mol. The highest BCUT2D eigenvalue weighted by atomic mass is 35.5. The fourth-order valence-electron chi connectivity index (χ4n) is 2.70. The first kappa shape index (κ1) is 19.3. The Labute approximate surface area is 149 Å². The summed E-state index contributed by atoms with van der Waals surface area (Å²) in [4.78, 5) is 14.2. The second-order valence-electron chi connectivity index (χ2n) is 5.75. The zero-order valence-corrected chi connectivity index (χ0v) is 14.3. The molecule has 5 nitrogen and oxygen atoms in total. The molecule has 1 aliphatic heterocycles. The molecule has 1 aliphatic rings. The maximum absolute atomic E-state index is 12.8. The Morgan fingerprint density at radius 2 is 2.08 bits per heavy atom. The second-order valence-corrected chi connectivity index (χ2v) is 5.75. The van der Waals surface area contributed by atoms with Crippen molar-refractivity contribution in [1.29, 1.82) is 0 Å². The average Bonchev–Trinajstić information content (AvgIpc) is 3.04. The van der Waals surface area contributed by atoms with E-state index in [9.17, 15) is 18.0 Å². The Balaban J connectivity index is 0.00000225. The van der Waals surface area contributed by atoms with Crippen LogP contribution in [0, 0.1) is 0 Å². The van der Waals surface area contributed by atoms with Crippen molar-refractivity contribution in [2.75, 3.05) is 19.6 Å². The molecule has 0 aliphatic carbocycles. The number of amides is 1. The topological polar surface area (TPSA) is 50.2 Å². The number of nitrogens with one attached hydrogen (secondary N) is 1. The van der Waals surface area contributed by atoms with Crippen molar-refractivity contribution in [2.45, 2.75) is 19.1 Å². The highest BCUT2D eigenvalue weighted by Crippen LogP contribution is 2.30. The zero-order valence-electron chi connectivity index (χ0n) is 13.5. The van der Waals surface area contributed by atoms with Crippen molar-refractivity contribution in [3.05, 3.63) is 47.8 Å². The normalized spacial score (nSPS) is 17.9. The van der Waals surface area contributed by atoms with Gasteiger partial charge in [0.25, 0.3) is 5.91 Å². The minimum absolute atomic E-state index is 0. The van der Waals surface area contributed by atoms with Gasteiger partial charge >= 0.3 is 6.18 Å². The first-order valence-corrected chi connectivity index (χ1v) is 7.61. The van der Waals surface area contributed by atoms with E-state index in [1.807, 2.05) is 6.92 Å². The third-order valence-electron chi connectivity index (χ3n) is 4.01. The van der Waals surface area contributed by atoms with E-state index in [1.54, 1.807) is 4.90 Å². The third kappa shape index (κ3) is 4.13. The molecule has 1 atom stereocenters. The molecule has 0 spiro atoms. The second kappa shape index (κ2) is 7.45. The van der Waals surface area contributed by atoms with Gasteiger partial charge in [0.1, 0.15) is 0 Å². The predicted molar refractivity (Wildman–Crippen MR) is 89.2 cm³/mol. The number of alkyl halides is 3. The van der Waals surface area contributed by atoms with Gasteiger partial charge in [0.05, 0.1) is 11.3 Å². The van der Waals surface area contributed by atoms with Crippen LogP contribution in [0.3, 0.4) is 0 Å². The number of nitrogens with zero attached hydrogens (tertiary/aromatic N) is 3. The molecule has 9 heteroatoms. The number of hydrogen-bond donors (Lipinski definition) is 1. The van der Waals surface area contributed by atoms with Crippen LogP contribution >= 0.6 is 12.4 Å². The number of piperazine rings is 1. The van der Waals surface area contributed by atoms with Crippen LogP contribution in [0.4, 0.5) is 13.2 Å². The van der Waals surface area contributed by atoms with Gasteiger partial charge in [0, 0.05) is 31.9 Å². The van der Waals surface area contributed by atoms with Crippen molar-refractivity contribution in [1.82, 2.24) is 20.0 Å². The van der Waals surface area contributed by atoms with E-state index >= 15 is 0 Å². The van der Waals surface area contributed by atoms with E-state index < -0.39 is 11.7 Å². The Morgan fingerprint density at radius 3 is 2.76 bits per heavy atom. The lowest BCUT2D eigenvalue weighted by Gasteiger charge is -2.33. The molecule has 1 amide bonds. The molecule has 3 rings (SSSR count). The van der Waals surface area contributed by atoms with E-state index in [-0.39, 0.29) is 35.7 Å². The van der Waals surface area contributed by atoms with Crippen molar-refractivity contribution in [2.24, 2.45) is 0 Å². The monoisotopic (exact) mass is 374 g/mol. The summed E-state index contributed by atoms with van der Waals surface area (Å²) in [7, 11) is 0. The Morgan fingerprint density at radius 1 is 1.32 bits per heavy atom. The van der Waals surface area contributed by atoms with E-state index in [0.29, 0.717) is 19.6 Å². The summed E-state index contributed by atoms with van der Waals surface area (Å²) < 4.78 is 39.7. The van der Waals surface area contributed by atoms with Gasteiger partial charge in [-0.15, -0.1) is 12.4 Å². The van der Waals surface area contributed by atoms with Crippen molar-refractivity contribution >= 4 is 18.3 Å². The largest absolute Gasteiger partial charge is 0.416 e. The van der Waals surface area contributed by atoms with Crippen LogP contribution in [0.1, 0.15) is 23.0 Å². The number of rotatable bonds is 2. The summed E-state index contributed by atoms with van der Waals surface area (Å²) in [6.07, 6.45) is -2.92. The summed E-state index contributed by atoms with van der Waals surface area (Å²) >= 11 is 0. The molecular weight excluding hydrogens is 357 g/mol. The molecule has 1 N–H and O–H groups in total. The SMILES string of the molecule is C[C@@H]1CNCCN1C(=O)c1ccn(-c2cccc(C(F)(F)F)c2)n1.Cl. The molecule has 1 saturated heterocycles. The predicted octanol–water partition coefficient (Wildman–Crippen LogP) is 2.75. The summed E-state index contributed by atoms with van der Waals surface area (Å²) in [5, 5.41) is 7.35. The summed E-state index contributed by atoms with van der Waals surface area (Å²) in [5.74, 6) is -0.213. The van der Waals surface area contributed by atoms with Crippen LogP contribution in [0.25, 0.3) is 5.69 Å². The Kier molecular flexibility index (Phi) is 5.74. The number of benzene rings is 1. The fraction of sp³-hybridized carbons (Fsp3) is 0.375. The molecule has 1 aromatic heterocycles. The lowest BCUT2D eigenvalue weighted by atomic mass is 10.2. The molecule has 1 aromatic carbocycles. The van der Waals surface area contributed by atoms with Gasteiger partial charge in [-0.3, -0.25) is 4.79 Å². The molecule has 2 aromatic rings.